The van der Waals surface area contributed by atoms with E-state index < -0.39 is 0 Å². The number of oxazole rings is 1. The standard InChI is InChI=1S/C35H31N4O2/c1-19(2)22-11-10-12-23(20(3)4)32(22)39-28-14-9-8-13-27(28)38(7)34(39)31-21(5)15-16-24-25-17-30-26(37-35(36-6)41-30)18-29(25)40-33(24)31/h8-20H,1-5,7H3/q+1. The van der Waals surface area contributed by atoms with Crippen molar-refractivity contribution in [2.24, 2.45) is 7.05 Å². The fourth-order valence-corrected chi connectivity index (χ4v) is 6.26. The van der Waals surface area contributed by atoms with E-state index in [1.165, 1.54) is 16.8 Å². The van der Waals surface area contributed by atoms with Gasteiger partial charge in [0, 0.05) is 28.0 Å². The number of benzene rings is 4. The quantitative estimate of drug-likeness (QED) is 0.165. The summed E-state index contributed by atoms with van der Waals surface area (Å²) < 4.78 is 17.1. The van der Waals surface area contributed by atoms with Crippen LogP contribution in [0.4, 0.5) is 6.01 Å². The van der Waals surface area contributed by atoms with Crippen LogP contribution in [0.1, 0.15) is 56.2 Å². The zero-order valence-electron chi connectivity index (χ0n) is 24.1. The summed E-state index contributed by atoms with van der Waals surface area (Å²) in [7, 11) is 2.14. The maximum absolute atomic E-state index is 7.28. The summed E-state index contributed by atoms with van der Waals surface area (Å²) in [5.41, 5.74) is 11.1. The van der Waals surface area contributed by atoms with Gasteiger partial charge in [0.05, 0.1) is 7.05 Å². The van der Waals surface area contributed by atoms with Gasteiger partial charge in [-0.15, -0.1) is 0 Å². The molecule has 0 amide bonds. The second-order valence-corrected chi connectivity index (χ2v) is 11.5. The Morgan fingerprint density at radius 1 is 0.854 bits per heavy atom. The molecule has 0 aliphatic carbocycles. The zero-order chi connectivity index (χ0) is 28.6. The molecule has 3 aromatic heterocycles. The second-order valence-electron chi connectivity index (χ2n) is 11.5. The first-order chi connectivity index (χ1) is 19.8. The molecule has 202 valence electrons. The Hall–Kier alpha value is -4.89. The summed E-state index contributed by atoms with van der Waals surface area (Å²) in [4.78, 5) is 7.66. The third-order valence-electron chi connectivity index (χ3n) is 8.25. The summed E-state index contributed by atoms with van der Waals surface area (Å²) in [5, 5.41) is 1.94. The highest BCUT2D eigenvalue weighted by Crippen LogP contribution is 2.42. The van der Waals surface area contributed by atoms with Crippen molar-refractivity contribution in [2.75, 3.05) is 0 Å². The molecule has 0 N–H and O–H groups in total. The Bertz CT molecular complexity index is 2180. The van der Waals surface area contributed by atoms with Crippen molar-refractivity contribution >= 4 is 50.1 Å². The SMILES string of the molecule is [C-]#[N+]c1nc2cc3oc4c(-c5n(-c6c(C(C)C)cccc6C(C)C)c6ccccc6[n+]5C)c(C)ccc4c3cc2o1. The van der Waals surface area contributed by atoms with Crippen molar-refractivity contribution in [2.45, 2.75) is 46.5 Å². The number of hydrogen-bond acceptors (Lipinski definition) is 3. The lowest BCUT2D eigenvalue weighted by molar-refractivity contribution is -0.633. The molecule has 0 bridgehead atoms. The van der Waals surface area contributed by atoms with Crippen molar-refractivity contribution < 1.29 is 13.4 Å². The van der Waals surface area contributed by atoms with E-state index in [-0.39, 0.29) is 6.01 Å². The molecule has 7 rings (SSSR count). The number of aryl methyl sites for hydroxylation is 2. The normalized spacial score (nSPS) is 12.1. The van der Waals surface area contributed by atoms with E-state index in [1.54, 1.807) is 0 Å². The fourth-order valence-electron chi connectivity index (χ4n) is 6.26. The van der Waals surface area contributed by atoms with Crippen LogP contribution in [-0.4, -0.2) is 9.55 Å². The zero-order valence-corrected chi connectivity index (χ0v) is 24.1. The number of rotatable bonds is 4. The van der Waals surface area contributed by atoms with E-state index in [4.69, 9.17) is 15.4 Å². The van der Waals surface area contributed by atoms with Gasteiger partial charge in [0.2, 0.25) is 5.52 Å². The molecule has 0 spiro atoms. The van der Waals surface area contributed by atoms with Crippen LogP contribution in [0, 0.1) is 13.5 Å². The van der Waals surface area contributed by atoms with Crippen LogP contribution in [0.2, 0.25) is 0 Å². The van der Waals surface area contributed by atoms with Crippen LogP contribution in [0.5, 0.6) is 0 Å². The summed E-state index contributed by atoms with van der Waals surface area (Å²) in [5.74, 6) is 1.75. The molecule has 0 aliphatic rings. The molecule has 6 nitrogen and oxygen atoms in total. The van der Waals surface area contributed by atoms with E-state index >= 15 is 0 Å². The summed E-state index contributed by atoms with van der Waals surface area (Å²) in [6, 6.07) is 23.5. The highest BCUT2D eigenvalue weighted by Gasteiger charge is 2.33. The van der Waals surface area contributed by atoms with Crippen molar-refractivity contribution in [3.8, 4) is 17.1 Å². The molecule has 6 heteroatoms. The molecule has 0 aliphatic heterocycles. The summed E-state index contributed by atoms with van der Waals surface area (Å²) in [6.45, 7) is 18.5. The van der Waals surface area contributed by atoms with E-state index in [1.807, 2.05) is 12.1 Å². The van der Waals surface area contributed by atoms with Gasteiger partial charge in [0.1, 0.15) is 16.8 Å². The van der Waals surface area contributed by atoms with Gasteiger partial charge in [-0.2, -0.15) is 4.57 Å². The number of furan rings is 1. The monoisotopic (exact) mass is 539 g/mol. The minimum atomic E-state index is 0.0369. The van der Waals surface area contributed by atoms with Crippen molar-refractivity contribution in [1.82, 2.24) is 9.55 Å². The molecule has 41 heavy (non-hydrogen) atoms. The lowest BCUT2D eigenvalue weighted by Crippen LogP contribution is -2.30. The average molecular weight is 540 g/mol. The van der Waals surface area contributed by atoms with Crippen LogP contribution in [0.3, 0.4) is 0 Å². The first-order valence-corrected chi connectivity index (χ1v) is 14.0. The summed E-state index contributed by atoms with van der Waals surface area (Å²) >= 11 is 0. The smallest absolute Gasteiger partial charge is 0.450 e. The maximum Gasteiger partial charge on any atom is 0.450 e. The molecule has 0 radical (unpaired) electrons. The third kappa shape index (κ3) is 3.62. The van der Waals surface area contributed by atoms with Crippen molar-refractivity contribution in [3.63, 3.8) is 0 Å². The summed E-state index contributed by atoms with van der Waals surface area (Å²) in [6.07, 6.45) is 0. The molecular formula is C35H31N4O2+. The Balaban J connectivity index is 1.64. The molecule has 3 heterocycles. The minimum Gasteiger partial charge on any atom is -0.460 e. The molecule has 0 saturated carbocycles. The van der Waals surface area contributed by atoms with Crippen molar-refractivity contribution in [3.05, 3.63) is 94.8 Å². The molecule has 0 fully saturated rings. The fraction of sp³-hybridized carbons (Fsp3) is 0.229. The van der Waals surface area contributed by atoms with Crippen molar-refractivity contribution in [1.29, 1.82) is 0 Å². The average Bonchev–Trinajstić information content (AvgIpc) is 3.62. The van der Waals surface area contributed by atoms with Gasteiger partial charge in [-0.05, 0) is 42.5 Å². The molecule has 4 aromatic carbocycles. The van der Waals surface area contributed by atoms with Gasteiger partial charge < -0.3 is 13.7 Å². The third-order valence-corrected chi connectivity index (χ3v) is 8.25. The van der Waals surface area contributed by atoms with E-state index in [0.717, 1.165) is 49.9 Å². The van der Waals surface area contributed by atoms with Gasteiger partial charge in [-0.3, -0.25) is 0 Å². The molecule has 0 atom stereocenters. The molecular weight excluding hydrogens is 508 g/mol. The van der Waals surface area contributed by atoms with Gasteiger partial charge in [-0.1, -0.05) is 81.7 Å². The lowest BCUT2D eigenvalue weighted by Gasteiger charge is -2.18. The highest BCUT2D eigenvalue weighted by atomic mass is 16.4. The number of aromatic nitrogens is 3. The topological polar surface area (TPSA) is 52.3 Å². The highest BCUT2D eigenvalue weighted by molar-refractivity contribution is 6.12. The Morgan fingerprint density at radius 2 is 1.59 bits per heavy atom. The van der Waals surface area contributed by atoms with E-state index in [0.29, 0.717) is 22.9 Å². The largest absolute Gasteiger partial charge is 0.460 e. The van der Waals surface area contributed by atoms with Crippen LogP contribution in [0.15, 0.2) is 75.6 Å². The second kappa shape index (κ2) is 9.07. The first kappa shape index (κ1) is 25.1. The van der Waals surface area contributed by atoms with Crippen LogP contribution in [0.25, 0.3) is 66.0 Å². The van der Waals surface area contributed by atoms with Gasteiger partial charge >= 0.3 is 6.01 Å². The van der Waals surface area contributed by atoms with E-state index in [9.17, 15) is 0 Å². The van der Waals surface area contributed by atoms with Gasteiger partial charge in [0.15, 0.2) is 22.2 Å². The number of para-hydroxylation sites is 3. The Kier molecular flexibility index (Phi) is 5.55. The number of hydrogen-bond donors (Lipinski definition) is 0. The molecule has 0 unspecified atom stereocenters. The number of fused-ring (bicyclic) bond motifs is 5. The van der Waals surface area contributed by atoms with Gasteiger partial charge in [-0.25, -0.2) is 4.57 Å². The lowest BCUT2D eigenvalue weighted by atomic mass is 9.92. The minimum absolute atomic E-state index is 0.0369. The molecule has 7 aromatic rings. The number of nitrogens with zero attached hydrogens (tertiary/aromatic N) is 4. The van der Waals surface area contributed by atoms with Crippen LogP contribution < -0.4 is 4.57 Å². The predicted molar refractivity (Wildman–Crippen MR) is 164 cm³/mol. The van der Waals surface area contributed by atoms with Crippen LogP contribution in [-0.2, 0) is 7.05 Å². The first-order valence-electron chi connectivity index (χ1n) is 14.0. The predicted octanol–water partition coefficient (Wildman–Crippen LogP) is 9.27. The maximum atomic E-state index is 7.28. The van der Waals surface area contributed by atoms with Gasteiger partial charge in [0.25, 0.3) is 5.82 Å². The molecule has 0 saturated heterocycles. The Labute approximate surface area is 238 Å². The Morgan fingerprint density at radius 3 is 2.29 bits per heavy atom. The van der Waals surface area contributed by atoms with Crippen LogP contribution >= 0.6 is 0 Å². The number of imidazole rings is 1. The van der Waals surface area contributed by atoms with E-state index in [2.05, 4.69) is 115 Å².